The van der Waals surface area contributed by atoms with E-state index in [1.807, 2.05) is 43.3 Å². The lowest BCUT2D eigenvalue weighted by atomic mass is 10.1. The van der Waals surface area contributed by atoms with Crippen LogP contribution in [0.4, 0.5) is 5.69 Å². The summed E-state index contributed by atoms with van der Waals surface area (Å²) in [6, 6.07) is 13.3. The van der Waals surface area contributed by atoms with E-state index >= 15 is 0 Å². The van der Waals surface area contributed by atoms with Crippen LogP contribution in [0.3, 0.4) is 0 Å². The number of nitrogens with one attached hydrogen (secondary N) is 2. The normalized spacial score (nSPS) is 11.0. The number of nitrogens with zero attached hydrogens (tertiary/aromatic N) is 1. The van der Waals surface area contributed by atoms with E-state index in [9.17, 15) is 4.79 Å². The van der Waals surface area contributed by atoms with Gasteiger partial charge in [-0.05, 0) is 43.7 Å². The molecule has 2 N–H and O–H groups in total. The van der Waals surface area contributed by atoms with Gasteiger partial charge in [0.2, 0.25) is 0 Å². The van der Waals surface area contributed by atoms with Crippen molar-refractivity contribution in [3.63, 3.8) is 0 Å². The molecule has 2 aromatic carbocycles. The number of benzene rings is 2. The molecule has 0 saturated carbocycles. The summed E-state index contributed by atoms with van der Waals surface area (Å²) < 4.78 is 10.5. The zero-order chi connectivity index (χ0) is 18.2. The minimum atomic E-state index is -0.228. The standard InChI is InChI=1S/C19H23N3O3/c1-13-6-5-7-15(10-13)20-12-19(23)22-21-14(2)17-9-8-16(24-3)11-18(17)25-4/h5-11,20H,12H2,1-4H3,(H,22,23)/b21-14-. The van der Waals surface area contributed by atoms with Crippen LogP contribution in [0, 0.1) is 6.92 Å². The van der Waals surface area contributed by atoms with E-state index in [-0.39, 0.29) is 12.5 Å². The van der Waals surface area contributed by atoms with Crippen LogP contribution in [0.2, 0.25) is 0 Å². The Morgan fingerprint density at radius 2 is 1.92 bits per heavy atom. The van der Waals surface area contributed by atoms with Gasteiger partial charge in [0.25, 0.3) is 5.91 Å². The number of carbonyl (C=O) groups is 1. The van der Waals surface area contributed by atoms with E-state index in [2.05, 4.69) is 15.8 Å². The molecule has 25 heavy (non-hydrogen) atoms. The fourth-order valence-electron chi connectivity index (χ4n) is 2.28. The van der Waals surface area contributed by atoms with Gasteiger partial charge in [-0.1, -0.05) is 12.1 Å². The number of hydrogen-bond acceptors (Lipinski definition) is 5. The van der Waals surface area contributed by atoms with Crippen LogP contribution in [0.15, 0.2) is 47.6 Å². The molecule has 2 rings (SSSR count). The van der Waals surface area contributed by atoms with Crippen LogP contribution in [0.5, 0.6) is 11.5 Å². The molecule has 2 aromatic rings. The predicted octanol–water partition coefficient (Wildman–Crippen LogP) is 2.96. The highest BCUT2D eigenvalue weighted by atomic mass is 16.5. The molecule has 0 fully saturated rings. The van der Waals surface area contributed by atoms with Gasteiger partial charge in [-0.2, -0.15) is 5.10 Å². The molecule has 0 spiro atoms. The maximum atomic E-state index is 12.0. The Morgan fingerprint density at radius 3 is 2.60 bits per heavy atom. The number of aryl methyl sites for hydroxylation is 1. The second-order valence-electron chi connectivity index (χ2n) is 5.52. The van der Waals surface area contributed by atoms with Crippen LogP contribution in [-0.4, -0.2) is 32.4 Å². The Kier molecular flexibility index (Phi) is 6.39. The highest BCUT2D eigenvalue weighted by Crippen LogP contribution is 2.25. The lowest BCUT2D eigenvalue weighted by molar-refractivity contribution is -0.119. The van der Waals surface area contributed by atoms with E-state index in [1.54, 1.807) is 27.2 Å². The number of amides is 1. The van der Waals surface area contributed by atoms with E-state index < -0.39 is 0 Å². The van der Waals surface area contributed by atoms with Crippen molar-refractivity contribution in [2.24, 2.45) is 5.10 Å². The van der Waals surface area contributed by atoms with Crippen molar-refractivity contribution in [3.8, 4) is 11.5 Å². The topological polar surface area (TPSA) is 72.0 Å². The lowest BCUT2D eigenvalue weighted by Crippen LogP contribution is -2.26. The SMILES string of the molecule is COc1ccc(/C(C)=N\NC(=O)CNc2cccc(C)c2)c(OC)c1. The molecule has 1 amide bonds. The number of hydrazone groups is 1. The van der Waals surface area contributed by atoms with Crippen molar-refractivity contribution in [2.45, 2.75) is 13.8 Å². The Bertz CT molecular complexity index is 772. The van der Waals surface area contributed by atoms with Crippen LogP contribution in [0.25, 0.3) is 0 Å². The minimum Gasteiger partial charge on any atom is -0.497 e. The Labute approximate surface area is 147 Å². The summed E-state index contributed by atoms with van der Waals surface area (Å²) in [5.41, 5.74) is 6.00. The van der Waals surface area contributed by atoms with E-state index in [0.29, 0.717) is 17.2 Å². The number of hydrogen-bond donors (Lipinski definition) is 2. The third-order valence-corrected chi connectivity index (χ3v) is 3.62. The molecular weight excluding hydrogens is 318 g/mol. The zero-order valence-electron chi connectivity index (χ0n) is 14.9. The minimum absolute atomic E-state index is 0.139. The van der Waals surface area contributed by atoms with Crippen molar-refractivity contribution in [2.75, 3.05) is 26.1 Å². The van der Waals surface area contributed by atoms with Gasteiger partial charge in [0, 0.05) is 17.3 Å². The molecule has 0 unspecified atom stereocenters. The molecule has 0 aliphatic rings. The molecule has 0 aromatic heterocycles. The van der Waals surface area contributed by atoms with Crippen molar-refractivity contribution < 1.29 is 14.3 Å². The highest BCUT2D eigenvalue weighted by molar-refractivity contribution is 6.01. The monoisotopic (exact) mass is 341 g/mol. The number of carbonyl (C=O) groups excluding carboxylic acids is 1. The van der Waals surface area contributed by atoms with Crippen LogP contribution >= 0.6 is 0 Å². The number of methoxy groups -OCH3 is 2. The fraction of sp³-hybridized carbons (Fsp3) is 0.263. The molecule has 0 radical (unpaired) electrons. The van der Waals surface area contributed by atoms with Crippen LogP contribution in [0.1, 0.15) is 18.1 Å². The van der Waals surface area contributed by atoms with Gasteiger partial charge in [0.15, 0.2) is 0 Å². The first-order valence-electron chi connectivity index (χ1n) is 7.89. The molecule has 6 heteroatoms. The summed E-state index contributed by atoms with van der Waals surface area (Å²) >= 11 is 0. The third kappa shape index (κ3) is 5.24. The van der Waals surface area contributed by atoms with Crippen molar-refractivity contribution in [3.05, 3.63) is 53.6 Å². The largest absolute Gasteiger partial charge is 0.497 e. The summed E-state index contributed by atoms with van der Waals surface area (Å²) in [7, 11) is 3.17. The molecule has 0 saturated heterocycles. The summed E-state index contributed by atoms with van der Waals surface area (Å²) in [6.07, 6.45) is 0. The Balaban J connectivity index is 1.97. The highest BCUT2D eigenvalue weighted by Gasteiger charge is 2.09. The molecular formula is C19H23N3O3. The fourth-order valence-corrected chi connectivity index (χ4v) is 2.28. The second kappa shape index (κ2) is 8.73. The molecule has 132 valence electrons. The van der Waals surface area contributed by atoms with Crippen molar-refractivity contribution in [1.82, 2.24) is 5.43 Å². The molecule has 0 aliphatic heterocycles. The maximum absolute atomic E-state index is 12.0. The predicted molar refractivity (Wildman–Crippen MR) is 99.6 cm³/mol. The first-order valence-corrected chi connectivity index (χ1v) is 7.89. The van der Waals surface area contributed by atoms with Crippen molar-refractivity contribution >= 4 is 17.3 Å². The van der Waals surface area contributed by atoms with Gasteiger partial charge in [0.1, 0.15) is 11.5 Å². The molecule has 0 aliphatic carbocycles. The van der Waals surface area contributed by atoms with Crippen LogP contribution in [-0.2, 0) is 4.79 Å². The molecule has 0 bridgehead atoms. The number of anilines is 1. The van der Waals surface area contributed by atoms with E-state index in [4.69, 9.17) is 9.47 Å². The quantitative estimate of drug-likeness (QED) is 0.600. The summed E-state index contributed by atoms with van der Waals surface area (Å²) in [5, 5.41) is 7.21. The Morgan fingerprint density at radius 1 is 1.12 bits per heavy atom. The van der Waals surface area contributed by atoms with Gasteiger partial charge >= 0.3 is 0 Å². The van der Waals surface area contributed by atoms with Gasteiger partial charge in [-0.3, -0.25) is 4.79 Å². The molecule has 6 nitrogen and oxygen atoms in total. The summed E-state index contributed by atoms with van der Waals surface area (Å²) in [6.45, 7) is 3.94. The molecule has 0 heterocycles. The average Bonchev–Trinajstić information content (AvgIpc) is 2.63. The summed E-state index contributed by atoms with van der Waals surface area (Å²) in [4.78, 5) is 12.0. The molecule has 0 atom stereocenters. The maximum Gasteiger partial charge on any atom is 0.259 e. The van der Waals surface area contributed by atoms with Crippen molar-refractivity contribution in [1.29, 1.82) is 0 Å². The third-order valence-electron chi connectivity index (χ3n) is 3.62. The first kappa shape index (κ1) is 18.3. The smallest absolute Gasteiger partial charge is 0.259 e. The zero-order valence-corrected chi connectivity index (χ0v) is 14.9. The Hall–Kier alpha value is -3.02. The first-order chi connectivity index (χ1) is 12.0. The van der Waals surface area contributed by atoms with E-state index in [0.717, 1.165) is 16.8 Å². The number of rotatable bonds is 7. The lowest BCUT2D eigenvalue weighted by Gasteiger charge is -2.10. The second-order valence-corrected chi connectivity index (χ2v) is 5.52. The van der Waals surface area contributed by atoms with Gasteiger partial charge in [-0.25, -0.2) is 5.43 Å². The van der Waals surface area contributed by atoms with Gasteiger partial charge in [0.05, 0.1) is 26.5 Å². The average molecular weight is 341 g/mol. The summed E-state index contributed by atoms with van der Waals surface area (Å²) in [5.74, 6) is 1.10. The van der Waals surface area contributed by atoms with Gasteiger partial charge in [-0.15, -0.1) is 0 Å². The van der Waals surface area contributed by atoms with Gasteiger partial charge < -0.3 is 14.8 Å². The number of ether oxygens (including phenoxy) is 2. The van der Waals surface area contributed by atoms with E-state index in [1.165, 1.54) is 0 Å². The van der Waals surface area contributed by atoms with Crippen LogP contribution < -0.4 is 20.2 Å².